The number of aryl methyl sites for hydroxylation is 1. The van der Waals surface area contributed by atoms with Crippen molar-refractivity contribution in [2.75, 3.05) is 5.32 Å². The molecule has 6 nitrogen and oxygen atoms in total. The number of halogens is 4. The Morgan fingerprint density at radius 1 is 1.23 bits per heavy atom. The zero-order chi connectivity index (χ0) is 18.8. The highest BCUT2D eigenvalue weighted by Crippen LogP contribution is 2.25. The number of hydrogen-bond donors (Lipinski definition) is 1. The molecule has 0 aliphatic carbocycles. The van der Waals surface area contributed by atoms with Crippen LogP contribution in [0.15, 0.2) is 35.1 Å². The highest BCUT2D eigenvalue weighted by Gasteiger charge is 2.19. The number of benzene rings is 1. The summed E-state index contributed by atoms with van der Waals surface area (Å²) in [5, 5.41) is 12.4. The third kappa shape index (κ3) is 4.06. The molecule has 0 fully saturated rings. The van der Waals surface area contributed by atoms with Crippen LogP contribution < -0.4 is 5.32 Å². The van der Waals surface area contributed by atoms with Gasteiger partial charge in [0.15, 0.2) is 5.82 Å². The number of rotatable bonds is 5. The van der Waals surface area contributed by atoms with Gasteiger partial charge in [0.2, 0.25) is 0 Å². The van der Waals surface area contributed by atoms with Crippen LogP contribution in [0.2, 0.25) is 15.1 Å². The number of nitrogens with zero attached hydrogens (tertiary/aromatic N) is 4. The van der Waals surface area contributed by atoms with Crippen LogP contribution in [0.5, 0.6) is 0 Å². The second-order valence-corrected chi connectivity index (χ2v) is 7.46. The quantitative estimate of drug-likeness (QED) is 0.555. The lowest BCUT2D eigenvalue weighted by molar-refractivity contribution is 0.101. The summed E-state index contributed by atoms with van der Waals surface area (Å²) in [5.74, 6) is -0.0783. The molecule has 0 aliphatic rings. The van der Waals surface area contributed by atoms with Gasteiger partial charge in [-0.15, -0.1) is 0 Å². The van der Waals surface area contributed by atoms with Gasteiger partial charge in [0, 0.05) is 12.7 Å². The first-order valence-electron chi connectivity index (χ1n) is 7.58. The van der Waals surface area contributed by atoms with E-state index in [2.05, 4.69) is 31.4 Å². The molecule has 0 saturated heterocycles. The molecule has 0 atom stereocenters. The molecule has 10 heteroatoms. The highest BCUT2D eigenvalue weighted by molar-refractivity contribution is 9.10. The Morgan fingerprint density at radius 2 is 2.00 bits per heavy atom. The van der Waals surface area contributed by atoms with Gasteiger partial charge in [-0.1, -0.05) is 40.9 Å². The van der Waals surface area contributed by atoms with Crippen LogP contribution in [-0.2, 0) is 13.1 Å². The van der Waals surface area contributed by atoms with Crippen molar-refractivity contribution in [2.24, 2.45) is 0 Å². The first kappa shape index (κ1) is 19.2. The number of carbonyl (C=O) groups is 1. The van der Waals surface area contributed by atoms with Crippen LogP contribution in [0.3, 0.4) is 0 Å². The number of hydrogen-bond acceptors (Lipinski definition) is 3. The Kier molecular flexibility index (Phi) is 5.92. The Bertz CT molecular complexity index is 969. The molecule has 2 heterocycles. The number of nitrogens with one attached hydrogen (secondary N) is 1. The van der Waals surface area contributed by atoms with Gasteiger partial charge in [-0.25, -0.2) is 0 Å². The molecule has 3 aromatic rings. The van der Waals surface area contributed by atoms with Gasteiger partial charge < -0.3 is 5.32 Å². The van der Waals surface area contributed by atoms with Crippen molar-refractivity contribution in [1.29, 1.82) is 0 Å². The second kappa shape index (κ2) is 8.00. The van der Waals surface area contributed by atoms with E-state index in [-0.39, 0.29) is 11.7 Å². The van der Waals surface area contributed by atoms with Crippen molar-refractivity contribution >= 4 is 62.5 Å². The molecule has 1 N–H and O–H groups in total. The van der Waals surface area contributed by atoms with E-state index in [1.54, 1.807) is 33.9 Å². The molecule has 3 rings (SSSR count). The third-order valence-electron chi connectivity index (χ3n) is 3.59. The van der Waals surface area contributed by atoms with E-state index in [0.717, 1.165) is 5.56 Å². The summed E-state index contributed by atoms with van der Waals surface area (Å²) >= 11 is 21.5. The molecule has 0 unspecified atom stereocenters. The topological polar surface area (TPSA) is 64.7 Å². The predicted molar refractivity (Wildman–Crippen MR) is 106 cm³/mol. The van der Waals surface area contributed by atoms with E-state index in [1.807, 2.05) is 13.0 Å². The maximum Gasteiger partial charge on any atom is 0.276 e. The zero-order valence-electron chi connectivity index (χ0n) is 13.5. The molecule has 0 spiro atoms. The van der Waals surface area contributed by atoms with E-state index < -0.39 is 0 Å². The lowest BCUT2D eigenvalue weighted by Gasteiger charge is -2.06. The van der Waals surface area contributed by atoms with Crippen LogP contribution in [0.1, 0.15) is 23.0 Å². The first-order valence-corrected chi connectivity index (χ1v) is 9.51. The van der Waals surface area contributed by atoms with Gasteiger partial charge in [0.1, 0.15) is 10.7 Å². The number of amides is 1. The minimum Gasteiger partial charge on any atom is -0.302 e. The van der Waals surface area contributed by atoms with E-state index in [4.69, 9.17) is 34.8 Å². The molecule has 0 saturated carbocycles. The summed E-state index contributed by atoms with van der Waals surface area (Å²) in [5.41, 5.74) is 1.31. The van der Waals surface area contributed by atoms with E-state index in [9.17, 15) is 4.79 Å². The van der Waals surface area contributed by atoms with E-state index in [1.165, 1.54) is 0 Å². The van der Waals surface area contributed by atoms with Crippen molar-refractivity contribution in [3.63, 3.8) is 0 Å². The van der Waals surface area contributed by atoms with Crippen LogP contribution in [0.25, 0.3) is 0 Å². The fraction of sp³-hybridized carbons (Fsp3) is 0.188. The van der Waals surface area contributed by atoms with Crippen molar-refractivity contribution in [1.82, 2.24) is 19.6 Å². The lowest BCUT2D eigenvalue weighted by atomic mass is 10.2. The third-order valence-corrected chi connectivity index (χ3v) is 5.18. The van der Waals surface area contributed by atoms with Gasteiger partial charge in [-0.3, -0.25) is 14.2 Å². The molecule has 2 aromatic heterocycles. The molecular weight excluding hydrogens is 464 g/mol. The monoisotopic (exact) mass is 475 g/mol. The van der Waals surface area contributed by atoms with Gasteiger partial charge in [0.05, 0.1) is 27.3 Å². The molecule has 26 heavy (non-hydrogen) atoms. The summed E-state index contributed by atoms with van der Waals surface area (Å²) < 4.78 is 3.80. The van der Waals surface area contributed by atoms with Gasteiger partial charge in [-0.05, 0) is 40.5 Å². The van der Waals surface area contributed by atoms with Crippen molar-refractivity contribution in [2.45, 2.75) is 20.0 Å². The molecule has 136 valence electrons. The lowest BCUT2D eigenvalue weighted by Crippen LogP contribution is -2.18. The number of anilines is 1. The predicted octanol–water partition coefficient (Wildman–Crippen LogP) is 5.12. The van der Waals surface area contributed by atoms with Crippen LogP contribution in [0, 0.1) is 0 Å². The average Bonchev–Trinajstić information content (AvgIpc) is 3.13. The summed E-state index contributed by atoms with van der Waals surface area (Å²) in [6.45, 7) is 2.89. The second-order valence-electron chi connectivity index (χ2n) is 5.38. The van der Waals surface area contributed by atoms with Gasteiger partial charge in [-0.2, -0.15) is 10.2 Å². The van der Waals surface area contributed by atoms with Crippen molar-refractivity contribution in [3.8, 4) is 0 Å². The normalized spacial score (nSPS) is 11.0. The Balaban J connectivity index is 1.78. The van der Waals surface area contributed by atoms with Crippen LogP contribution in [-0.4, -0.2) is 25.5 Å². The standard InChI is InChI=1S/C16H13BrCl3N5O/c1-2-25-14(10(17)6-21-25)16(26)22-15-13(20)8-24(23-15)7-9-3-4-11(18)12(19)5-9/h3-6,8H,2,7H2,1H3,(H,22,23,26). The first-order chi connectivity index (χ1) is 12.4. The molecule has 0 aliphatic heterocycles. The zero-order valence-corrected chi connectivity index (χ0v) is 17.4. The fourth-order valence-electron chi connectivity index (χ4n) is 2.38. The maximum atomic E-state index is 12.5. The summed E-state index contributed by atoms with van der Waals surface area (Å²) in [6, 6.07) is 5.32. The summed E-state index contributed by atoms with van der Waals surface area (Å²) in [4.78, 5) is 12.5. The van der Waals surface area contributed by atoms with Gasteiger partial charge in [0.25, 0.3) is 5.91 Å². The maximum absolute atomic E-state index is 12.5. The minimum absolute atomic E-state index is 0.271. The molecule has 0 bridgehead atoms. The largest absolute Gasteiger partial charge is 0.302 e. The van der Waals surface area contributed by atoms with Crippen molar-refractivity contribution < 1.29 is 4.79 Å². The molecule has 1 aromatic carbocycles. The Hall–Kier alpha value is -1.54. The van der Waals surface area contributed by atoms with Gasteiger partial charge >= 0.3 is 0 Å². The van der Waals surface area contributed by atoms with Crippen LogP contribution >= 0.6 is 50.7 Å². The summed E-state index contributed by atoms with van der Waals surface area (Å²) in [6.07, 6.45) is 3.20. The van der Waals surface area contributed by atoms with E-state index in [0.29, 0.717) is 38.3 Å². The number of aromatic nitrogens is 4. The molecule has 1 amide bonds. The average molecular weight is 478 g/mol. The van der Waals surface area contributed by atoms with Crippen molar-refractivity contribution in [3.05, 3.63) is 61.4 Å². The SMILES string of the molecule is CCn1ncc(Br)c1C(=O)Nc1nn(Cc2ccc(Cl)c(Cl)c2)cc1Cl. The summed E-state index contributed by atoms with van der Waals surface area (Å²) in [7, 11) is 0. The minimum atomic E-state index is -0.349. The smallest absolute Gasteiger partial charge is 0.276 e. The Morgan fingerprint density at radius 3 is 2.69 bits per heavy atom. The fourth-order valence-corrected chi connectivity index (χ4v) is 3.38. The van der Waals surface area contributed by atoms with E-state index >= 15 is 0 Å². The Labute approximate surface area is 173 Å². The number of carbonyl (C=O) groups excluding carboxylic acids is 1. The highest BCUT2D eigenvalue weighted by atomic mass is 79.9. The molecule has 0 radical (unpaired) electrons. The van der Waals surface area contributed by atoms with Crippen LogP contribution in [0.4, 0.5) is 5.82 Å². The molecular formula is C16H13BrCl3N5O.